The molecule has 3 aliphatic heterocycles. The third kappa shape index (κ3) is 15.0. The van der Waals surface area contributed by atoms with E-state index < -0.39 is 0 Å². The zero-order valence-corrected chi connectivity index (χ0v) is 30.8. The van der Waals surface area contributed by atoms with Gasteiger partial charge in [-0.05, 0) is 95.8 Å². The van der Waals surface area contributed by atoms with Gasteiger partial charge in [-0.15, -0.1) is 0 Å². The fraction of sp³-hybridized carbons (Fsp3) is 0.667. The predicted molar refractivity (Wildman–Crippen MR) is 177 cm³/mol. The number of benzene rings is 2. The summed E-state index contributed by atoms with van der Waals surface area (Å²) in [5, 5.41) is 8.94. The minimum Gasteiger partial charge on any atom is -0.381 e. The summed E-state index contributed by atoms with van der Waals surface area (Å²) in [6.45, 7) is 23.6. The Morgan fingerprint density at radius 3 is 1.07 bits per heavy atom. The topological polar surface area (TPSA) is 66.5 Å². The summed E-state index contributed by atoms with van der Waals surface area (Å²) in [7, 11) is 0. The van der Waals surface area contributed by atoms with E-state index in [-0.39, 0.29) is 29.6 Å². The maximum atomic E-state index is 4.94. The summed E-state index contributed by atoms with van der Waals surface area (Å²) < 4.78 is 14.8. The molecule has 0 unspecified atom stereocenters. The van der Waals surface area contributed by atoms with Gasteiger partial charge in [0.2, 0.25) is 0 Å². The van der Waals surface area contributed by atoms with Crippen LogP contribution in [-0.2, 0) is 14.2 Å². The van der Waals surface area contributed by atoms with Crippen LogP contribution in [0.2, 0.25) is 0 Å². The van der Waals surface area contributed by atoms with Crippen molar-refractivity contribution < 1.29 is 43.8 Å². The van der Waals surface area contributed by atoms with Gasteiger partial charge >= 0.3 is 29.6 Å². The van der Waals surface area contributed by atoms with Crippen molar-refractivity contribution in [3.63, 3.8) is 0 Å². The molecule has 0 N–H and O–H groups in total. The first kappa shape index (κ1) is 39.7. The molecular formula is C36H58N3NaO3. The third-order valence-electron chi connectivity index (χ3n) is 7.46. The van der Waals surface area contributed by atoms with E-state index in [1.165, 1.54) is 60.8 Å². The van der Waals surface area contributed by atoms with Crippen LogP contribution in [0.4, 0.5) is 11.4 Å². The largest absolute Gasteiger partial charge is 1.00 e. The molecule has 0 saturated carbocycles. The van der Waals surface area contributed by atoms with Crippen molar-refractivity contribution in [2.24, 2.45) is 10.3 Å². The first-order chi connectivity index (χ1) is 20.2. The molecule has 3 fully saturated rings. The van der Waals surface area contributed by atoms with Crippen LogP contribution in [0.25, 0.3) is 5.43 Å². The Labute approximate surface area is 285 Å². The zero-order valence-electron chi connectivity index (χ0n) is 28.8. The Kier molecular flexibility index (Phi) is 21.4. The van der Waals surface area contributed by atoms with E-state index in [1.807, 2.05) is 0 Å². The second-order valence-corrected chi connectivity index (χ2v) is 12.4. The van der Waals surface area contributed by atoms with E-state index in [0.29, 0.717) is 23.7 Å². The van der Waals surface area contributed by atoms with Gasteiger partial charge in [0, 0.05) is 39.6 Å². The zero-order chi connectivity index (χ0) is 30.7. The second-order valence-electron chi connectivity index (χ2n) is 12.4. The van der Waals surface area contributed by atoms with Crippen LogP contribution < -0.4 is 29.6 Å². The van der Waals surface area contributed by atoms with Crippen LogP contribution in [0.15, 0.2) is 46.7 Å². The van der Waals surface area contributed by atoms with Gasteiger partial charge in [-0.25, -0.2) is 0 Å². The monoisotopic (exact) mass is 603 g/mol. The van der Waals surface area contributed by atoms with Gasteiger partial charge in [0.15, 0.2) is 0 Å². The van der Waals surface area contributed by atoms with Gasteiger partial charge in [-0.2, -0.15) is 0 Å². The molecule has 0 radical (unpaired) electrons. The van der Waals surface area contributed by atoms with E-state index >= 15 is 0 Å². The second kappa shape index (κ2) is 23.1. The molecule has 3 saturated heterocycles. The van der Waals surface area contributed by atoms with E-state index in [2.05, 4.69) is 108 Å². The Bertz CT molecular complexity index is 929. The van der Waals surface area contributed by atoms with E-state index in [1.54, 1.807) is 0 Å². The van der Waals surface area contributed by atoms with Gasteiger partial charge in [-0.1, -0.05) is 91.8 Å². The molecule has 0 aliphatic carbocycles. The SMILES string of the molecule is C1CCOC1.C1CCOC1.C1CCOC1.CC(C)c1cccc(C(C)C)c1N=N[N-]c1c(C(C)C)cccc1C(C)C.[Na+]. The molecular weight excluding hydrogens is 545 g/mol. The molecule has 6 nitrogen and oxygen atoms in total. The molecule has 0 amide bonds. The molecule has 236 valence electrons. The van der Waals surface area contributed by atoms with Crippen LogP contribution in [0.1, 0.15) is 140 Å². The first-order valence-corrected chi connectivity index (χ1v) is 16.3. The molecule has 2 aromatic carbocycles. The minimum atomic E-state index is 0. The van der Waals surface area contributed by atoms with E-state index in [0.717, 1.165) is 51.0 Å². The molecule has 43 heavy (non-hydrogen) atoms. The average Bonchev–Trinajstić information content (AvgIpc) is 3.80. The summed E-state index contributed by atoms with van der Waals surface area (Å²) in [5.41, 5.74) is 11.4. The van der Waals surface area contributed by atoms with Crippen LogP contribution in [0, 0.1) is 0 Å². The number of ether oxygens (including phenoxy) is 3. The van der Waals surface area contributed by atoms with Crippen LogP contribution in [0.5, 0.6) is 0 Å². The van der Waals surface area contributed by atoms with Crippen molar-refractivity contribution in [2.45, 2.75) is 118 Å². The summed E-state index contributed by atoms with van der Waals surface area (Å²) in [6.07, 6.45) is 7.67. The summed E-state index contributed by atoms with van der Waals surface area (Å²) in [6, 6.07) is 12.8. The quantitative estimate of drug-likeness (QED) is 0.182. The van der Waals surface area contributed by atoms with Crippen molar-refractivity contribution in [1.82, 2.24) is 0 Å². The number of hydrogen-bond donors (Lipinski definition) is 0. The fourth-order valence-electron chi connectivity index (χ4n) is 4.90. The molecule has 0 atom stereocenters. The summed E-state index contributed by atoms with van der Waals surface area (Å²) >= 11 is 0. The van der Waals surface area contributed by atoms with Gasteiger partial charge in [0.25, 0.3) is 0 Å². The van der Waals surface area contributed by atoms with Crippen molar-refractivity contribution >= 4 is 11.4 Å². The van der Waals surface area contributed by atoms with Gasteiger partial charge in [0.1, 0.15) is 0 Å². The van der Waals surface area contributed by atoms with Crippen LogP contribution >= 0.6 is 0 Å². The fourth-order valence-corrected chi connectivity index (χ4v) is 4.90. The van der Waals surface area contributed by atoms with E-state index in [9.17, 15) is 0 Å². The smallest absolute Gasteiger partial charge is 0.381 e. The molecule has 3 heterocycles. The number of nitrogens with zero attached hydrogens (tertiary/aromatic N) is 3. The van der Waals surface area contributed by atoms with Crippen LogP contribution in [0.3, 0.4) is 0 Å². The third-order valence-corrected chi connectivity index (χ3v) is 7.46. The van der Waals surface area contributed by atoms with Gasteiger partial charge < -0.3 is 24.8 Å². The number of rotatable bonds is 7. The predicted octanol–water partition coefficient (Wildman–Crippen LogP) is 8.28. The Morgan fingerprint density at radius 2 is 0.814 bits per heavy atom. The maximum Gasteiger partial charge on any atom is 1.00 e. The molecule has 2 aromatic rings. The van der Waals surface area contributed by atoms with E-state index in [4.69, 9.17) is 14.2 Å². The van der Waals surface area contributed by atoms with Crippen molar-refractivity contribution in [1.29, 1.82) is 0 Å². The molecule has 5 rings (SSSR count). The molecule has 3 aliphatic rings. The molecule has 0 bridgehead atoms. The normalized spacial score (nSPS) is 16.0. The Hall–Kier alpha value is -1.28. The Morgan fingerprint density at radius 1 is 0.512 bits per heavy atom. The standard InChI is InChI=1S/C24H34N3.3C4H8O.Na/c1-15(2)19-11-9-12-20(16(3)4)23(19)25-27-26-24-21(17(5)6)13-10-14-22(24)18(7)8;3*1-2-4-5-3-1;/h9-18H,1-8H3;3*1-4H2;/q-1;;;;+1. The van der Waals surface area contributed by atoms with Gasteiger partial charge in [-0.3, -0.25) is 5.22 Å². The first-order valence-electron chi connectivity index (χ1n) is 16.3. The Balaban J connectivity index is 0.000000461. The van der Waals surface area contributed by atoms with Crippen LogP contribution in [-0.4, -0.2) is 39.6 Å². The number of hydrogen-bond acceptors (Lipinski definition) is 5. The molecule has 0 aromatic heterocycles. The van der Waals surface area contributed by atoms with Crippen molar-refractivity contribution in [3.8, 4) is 0 Å². The molecule has 7 heteroatoms. The summed E-state index contributed by atoms with van der Waals surface area (Å²) in [4.78, 5) is 0. The maximum absolute atomic E-state index is 4.94. The average molecular weight is 604 g/mol. The molecule has 0 spiro atoms. The summed E-state index contributed by atoms with van der Waals surface area (Å²) in [5.74, 6) is 1.58. The minimum absolute atomic E-state index is 0. The van der Waals surface area contributed by atoms with Gasteiger partial charge in [0.05, 0.1) is 0 Å². The van der Waals surface area contributed by atoms with Crippen molar-refractivity contribution in [3.05, 3.63) is 64.1 Å². The van der Waals surface area contributed by atoms with Crippen molar-refractivity contribution in [2.75, 3.05) is 39.6 Å².